The van der Waals surface area contributed by atoms with Crippen molar-refractivity contribution in [2.75, 3.05) is 6.61 Å². The van der Waals surface area contributed by atoms with Crippen LogP contribution in [0.4, 0.5) is 4.39 Å². The second kappa shape index (κ2) is 7.47. The molecule has 2 aliphatic carbocycles. The van der Waals surface area contributed by atoms with Crippen molar-refractivity contribution in [2.45, 2.75) is 77.1 Å². The zero-order valence-electron chi connectivity index (χ0n) is 17.0. The number of ether oxygens (including phenoxy) is 1. The highest BCUT2D eigenvalue weighted by molar-refractivity contribution is 6.00. The number of halogens is 1. The Balaban J connectivity index is 1.27. The van der Waals surface area contributed by atoms with Crippen LogP contribution in [0.3, 0.4) is 0 Å². The standard InChI is InChI=1S/C22H30FN3O2/c1-14-10-15(2)26-9-8-19(20(26)24-14)21(27)25-17-4-6-18(7-5-17)28-13-16-11-22(3,23)12-16/h8-10,16-18H,4-7,11-13H2,1-3H3,(H,25,27). The van der Waals surface area contributed by atoms with Gasteiger partial charge in [0.25, 0.3) is 5.91 Å². The van der Waals surface area contributed by atoms with Crippen LogP contribution < -0.4 is 5.32 Å². The van der Waals surface area contributed by atoms with Crippen molar-refractivity contribution in [1.29, 1.82) is 0 Å². The highest BCUT2D eigenvalue weighted by Crippen LogP contribution is 2.41. The second-order valence-corrected chi connectivity index (χ2v) is 8.93. The van der Waals surface area contributed by atoms with Crippen LogP contribution in [0.5, 0.6) is 0 Å². The number of aryl methyl sites for hydroxylation is 2. The molecular weight excluding hydrogens is 357 g/mol. The molecule has 2 aromatic heterocycles. The number of rotatable bonds is 5. The first kappa shape index (κ1) is 19.4. The van der Waals surface area contributed by atoms with Crippen LogP contribution in [-0.4, -0.2) is 39.7 Å². The summed E-state index contributed by atoms with van der Waals surface area (Å²) in [6.45, 7) is 6.30. The topological polar surface area (TPSA) is 55.6 Å². The van der Waals surface area contributed by atoms with E-state index in [0.29, 0.717) is 36.6 Å². The Labute approximate surface area is 165 Å². The molecule has 0 saturated heterocycles. The Morgan fingerprint density at radius 2 is 2.04 bits per heavy atom. The van der Waals surface area contributed by atoms with Gasteiger partial charge in [-0.15, -0.1) is 0 Å². The Kier molecular flexibility index (Phi) is 5.17. The fraction of sp³-hybridized carbons (Fsp3) is 0.636. The Morgan fingerprint density at radius 1 is 1.32 bits per heavy atom. The van der Waals surface area contributed by atoms with Gasteiger partial charge >= 0.3 is 0 Å². The van der Waals surface area contributed by atoms with E-state index >= 15 is 0 Å². The Hall–Kier alpha value is -1.95. The molecule has 28 heavy (non-hydrogen) atoms. The van der Waals surface area contributed by atoms with Gasteiger partial charge in [-0.25, -0.2) is 9.37 Å². The minimum atomic E-state index is -0.981. The minimum absolute atomic E-state index is 0.0546. The molecule has 0 aliphatic heterocycles. The number of nitrogens with zero attached hydrogens (tertiary/aromatic N) is 2. The summed E-state index contributed by atoms with van der Waals surface area (Å²) < 4.78 is 21.5. The van der Waals surface area contributed by atoms with Gasteiger partial charge in [-0.05, 0) is 77.3 Å². The first-order valence-corrected chi connectivity index (χ1v) is 10.4. The summed E-state index contributed by atoms with van der Waals surface area (Å²) >= 11 is 0. The van der Waals surface area contributed by atoms with Crippen LogP contribution in [0.1, 0.15) is 67.2 Å². The first-order valence-electron chi connectivity index (χ1n) is 10.4. The summed E-state index contributed by atoms with van der Waals surface area (Å²) in [4.78, 5) is 17.3. The maximum Gasteiger partial charge on any atom is 0.255 e. The number of aromatic nitrogens is 2. The Morgan fingerprint density at radius 3 is 2.71 bits per heavy atom. The molecule has 6 heteroatoms. The summed E-state index contributed by atoms with van der Waals surface area (Å²) in [6.07, 6.45) is 7.10. The third kappa shape index (κ3) is 4.07. The number of nitrogens with one attached hydrogen (secondary N) is 1. The van der Waals surface area contributed by atoms with Gasteiger partial charge in [-0.3, -0.25) is 4.79 Å². The Bertz CT molecular complexity index is 860. The van der Waals surface area contributed by atoms with Crippen molar-refractivity contribution < 1.29 is 13.9 Å². The van der Waals surface area contributed by atoms with Crippen molar-refractivity contribution >= 4 is 11.6 Å². The number of amides is 1. The smallest absolute Gasteiger partial charge is 0.255 e. The molecule has 0 aromatic carbocycles. The van der Waals surface area contributed by atoms with Crippen molar-refractivity contribution in [3.63, 3.8) is 0 Å². The molecule has 4 rings (SSSR count). The molecule has 0 unspecified atom stereocenters. The summed E-state index contributed by atoms with van der Waals surface area (Å²) in [5, 5.41) is 3.17. The third-order valence-corrected chi connectivity index (χ3v) is 6.19. The number of carbonyl (C=O) groups is 1. The lowest BCUT2D eigenvalue weighted by Crippen LogP contribution is -2.41. The van der Waals surface area contributed by atoms with E-state index in [4.69, 9.17) is 4.74 Å². The van der Waals surface area contributed by atoms with Crippen molar-refractivity contribution in [3.05, 3.63) is 35.3 Å². The molecule has 0 spiro atoms. The van der Waals surface area contributed by atoms with Crippen LogP contribution in [0.25, 0.3) is 5.65 Å². The van der Waals surface area contributed by atoms with E-state index in [-0.39, 0.29) is 18.1 Å². The van der Waals surface area contributed by atoms with Crippen LogP contribution in [-0.2, 0) is 4.74 Å². The van der Waals surface area contributed by atoms with Gasteiger partial charge in [0.2, 0.25) is 0 Å². The van der Waals surface area contributed by atoms with Gasteiger partial charge in [0.05, 0.1) is 11.7 Å². The maximum absolute atomic E-state index is 13.5. The molecule has 0 bridgehead atoms. The van der Waals surface area contributed by atoms with Gasteiger partial charge < -0.3 is 14.5 Å². The van der Waals surface area contributed by atoms with E-state index in [0.717, 1.165) is 37.1 Å². The second-order valence-electron chi connectivity index (χ2n) is 8.93. The van der Waals surface area contributed by atoms with E-state index in [9.17, 15) is 9.18 Å². The maximum atomic E-state index is 13.5. The lowest BCUT2D eigenvalue weighted by molar-refractivity contribution is -0.0587. The highest BCUT2D eigenvalue weighted by Gasteiger charge is 2.40. The predicted octanol–water partition coefficient (Wildman–Crippen LogP) is 4.15. The quantitative estimate of drug-likeness (QED) is 0.839. The summed E-state index contributed by atoms with van der Waals surface area (Å²) in [5.41, 5.74) is 2.34. The molecule has 1 amide bonds. The van der Waals surface area contributed by atoms with Crippen molar-refractivity contribution in [1.82, 2.24) is 14.7 Å². The number of fused-ring (bicyclic) bond motifs is 1. The number of carbonyl (C=O) groups excluding carboxylic acids is 1. The van der Waals surface area contributed by atoms with Gasteiger partial charge in [0, 0.05) is 30.2 Å². The molecule has 2 saturated carbocycles. The van der Waals surface area contributed by atoms with Crippen LogP contribution in [0, 0.1) is 19.8 Å². The molecule has 1 N–H and O–H groups in total. The first-order chi connectivity index (χ1) is 13.3. The predicted molar refractivity (Wildman–Crippen MR) is 106 cm³/mol. The SMILES string of the molecule is Cc1cc(C)n2ccc(C(=O)NC3CCC(OCC4CC(C)(F)C4)CC3)c2n1. The normalized spacial score (nSPS) is 30.2. The van der Waals surface area contributed by atoms with Gasteiger partial charge in [-0.1, -0.05) is 0 Å². The van der Waals surface area contributed by atoms with Gasteiger partial charge in [0.15, 0.2) is 0 Å². The number of hydrogen-bond acceptors (Lipinski definition) is 3. The average molecular weight is 387 g/mol. The van der Waals surface area contributed by atoms with E-state index in [1.165, 1.54) is 0 Å². The zero-order valence-corrected chi connectivity index (χ0v) is 17.0. The van der Waals surface area contributed by atoms with Gasteiger partial charge in [-0.2, -0.15) is 0 Å². The molecule has 2 aliphatic rings. The lowest BCUT2D eigenvalue weighted by Gasteiger charge is -2.39. The van der Waals surface area contributed by atoms with Gasteiger partial charge in [0.1, 0.15) is 11.3 Å². The number of alkyl halides is 1. The average Bonchev–Trinajstić information content (AvgIpc) is 3.03. The molecule has 152 valence electrons. The monoisotopic (exact) mass is 387 g/mol. The lowest BCUT2D eigenvalue weighted by atomic mass is 9.74. The molecule has 2 aromatic rings. The van der Waals surface area contributed by atoms with Crippen LogP contribution in [0.15, 0.2) is 18.3 Å². The van der Waals surface area contributed by atoms with Crippen molar-refractivity contribution in [2.24, 2.45) is 5.92 Å². The van der Waals surface area contributed by atoms with Crippen molar-refractivity contribution in [3.8, 4) is 0 Å². The molecular formula is C22H30FN3O2. The zero-order chi connectivity index (χ0) is 19.9. The van der Waals surface area contributed by atoms with Crippen LogP contribution >= 0.6 is 0 Å². The fourth-order valence-corrected chi connectivity index (χ4v) is 4.74. The largest absolute Gasteiger partial charge is 0.378 e. The molecule has 2 heterocycles. The van der Waals surface area contributed by atoms with Crippen LogP contribution in [0.2, 0.25) is 0 Å². The number of hydrogen-bond donors (Lipinski definition) is 1. The van der Waals surface area contributed by atoms with E-state index in [2.05, 4.69) is 10.3 Å². The summed E-state index contributed by atoms with van der Waals surface area (Å²) in [5.74, 6) is 0.316. The molecule has 5 nitrogen and oxygen atoms in total. The summed E-state index contributed by atoms with van der Waals surface area (Å²) in [7, 11) is 0. The molecule has 0 radical (unpaired) electrons. The van der Waals surface area contributed by atoms with E-state index < -0.39 is 5.67 Å². The van der Waals surface area contributed by atoms with E-state index in [1.54, 1.807) is 6.92 Å². The molecule has 0 atom stereocenters. The highest BCUT2D eigenvalue weighted by atomic mass is 19.1. The molecule has 2 fully saturated rings. The summed E-state index contributed by atoms with van der Waals surface area (Å²) in [6, 6.07) is 4.02. The van der Waals surface area contributed by atoms with E-state index in [1.807, 2.05) is 36.6 Å². The fourth-order valence-electron chi connectivity index (χ4n) is 4.74. The minimum Gasteiger partial charge on any atom is -0.378 e. The third-order valence-electron chi connectivity index (χ3n) is 6.19.